The Balaban J connectivity index is 0.000000292. The lowest BCUT2D eigenvalue weighted by Gasteiger charge is -2.25. The minimum absolute atomic E-state index is 0.264. The van der Waals surface area contributed by atoms with Crippen molar-refractivity contribution in [2.45, 2.75) is 0 Å². The third-order valence-corrected chi connectivity index (χ3v) is 1.69. The standard InChI is InChI=1S/C6H13NO2.C2H4O3/c8-4-1-7-2-5-9-6-3-7;1-5-2(3)4/h8H,1-6H2;1H3,(H,3,4). The molecule has 1 heterocycles. The Morgan fingerprint density at radius 3 is 2.36 bits per heavy atom. The molecule has 0 saturated carbocycles. The molecule has 0 amide bonds. The number of β-amino-alcohol motifs (C(OH)–C–C–N with tert-alkyl or cyclic N) is 1. The van der Waals surface area contributed by atoms with E-state index in [9.17, 15) is 0 Å². The van der Waals surface area contributed by atoms with Gasteiger partial charge in [-0.1, -0.05) is 0 Å². The van der Waals surface area contributed by atoms with Crippen LogP contribution in [0.25, 0.3) is 0 Å². The van der Waals surface area contributed by atoms with Crippen molar-refractivity contribution in [1.82, 2.24) is 4.90 Å². The van der Waals surface area contributed by atoms with E-state index >= 15 is 0 Å². The number of hydrogen-bond acceptors (Lipinski definition) is 5. The zero-order chi connectivity index (χ0) is 10.8. The topological polar surface area (TPSA) is 79.2 Å². The van der Waals surface area contributed by atoms with E-state index in [1.807, 2.05) is 0 Å². The molecule has 84 valence electrons. The van der Waals surface area contributed by atoms with E-state index in [1.54, 1.807) is 0 Å². The summed E-state index contributed by atoms with van der Waals surface area (Å²) < 4.78 is 8.79. The van der Waals surface area contributed by atoms with Crippen molar-refractivity contribution in [3.8, 4) is 0 Å². The highest BCUT2D eigenvalue weighted by molar-refractivity contribution is 5.56. The average Bonchev–Trinajstić information content (AvgIpc) is 2.21. The first-order valence-electron chi connectivity index (χ1n) is 4.38. The van der Waals surface area contributed by atoms with Gasteiger partial charge >= 0.3 is 6.16 Å². The molecule has 1 aliphatic rings. The van der Waals surface area contributed by atoms with Gasteiger partial charge in [0.05, 0.1) is 26.9 Å². The van der Waals surface area contributed by atoms with E-state index in [1.165, 1.54) is 0 Å². The lowest BCUT2D eigenvalue weighted by atomic mass is 10.4. The van der Waals surface area contributed by atoms with Gasteiger partial charge in [0, 0.05) is 19.6 Å². The van der Waals surface area contributed by atoms with Crippen molar-refractivity contribution >= 4 is 6.16 Å². The Hall–Kier alpha value is -0.850. The Morgan fingerprint density at radius 1 is 1.50 bits per heavy atom. The van der Waals surface area contributed by atoms with Crippen molar-refractivity contribution in [1.29, 1.82) is 0 Å². The van der Waals surface area contributed by atoms with Crippen LogP contribution in [0.5, 0.6) is 0 Å². The highest BCUT2D eigenvalue weighted by Crippen LogP contribution is 1.94. The number of rotatable bonds is 2. The smallest absolute Gasteiger partial charge is 0.450 e. The molecular formula is C8H17NO5. The summed E-state index contributed by atoms with van der Waals surface area (Å²) in [5, 5.41) is 16.0. The number of methoxy groups -OCH3 is 1. The molecule has 1 aliphatic heterocycles. The van der Waals surface area contributed by atoms with E-state index in [0.29, 0.717) is 0 Å². The Kier molecular flexibility index (Phi) is 8.20. The van der Waals surface area contributed by atoms with Crippen molar-refractivity contribution < 1.29 is 24.5 Å². The third kappa shape index (κ3) is 7.78. The van der Waals surface area contributed by atoms with Crippen LogP contribution in [0.1, 0.15) is 0 Å². The van der Waals surface area contributed by atoms with Gasteiger partial charge in [0.2, 0.25) is 0 Å². The van der Waals surface area contributed by atoms with Gasteiger partial charge in [0.15, 0.2) is 0 Å². The largest absolute Gasteiger partial charge is 0.505 e. The van der Waals surface area contributed by atoms with Crippen LogP contribution in [-0.2, 0) is 9.47 Å². The summed E-state index contributed by atoms with van der Waals surface area (Å²) in [6.45, 7) is 4.64. The van der Waals surface area contributed by atoms with E-state index in [-0.39, 0.29) is 6.61 Å². The summed E-state index contributed by atoms with van der Waals surface area (Å²) in [6.07, 6.45) is -1.25. The molecular weight excluding hydrogens is 190 g/mol. The van der Waals surface area contributed by atoms with Gasteiger partial charge in [-0.15, -0.1) is 0 Å². The highest BCUT2D eigenvalue weighted by Gasteiger charge is 2.07. The van der Waals surface area contributed by atoms with Crippen LogP contribution in [0.3, 0.4) is 0 Å². The number of carboxylic acid groups (broad SMARTS) is 1. The number of ether oxygens (including phenoxy) is 2. The molecule has 1 fully saturated rings. The fourth-order valence-electron chi connectivity index (χ4n) is 0.966. The SMILES string of the molecule is COC(=O)O.OCCN1CCOCC1. The lowest BCUT2D eigenvalue weighted by molar-refractivity contribution is 0.0306. The van der Waals surface area contributed by atoms with Crippen LogP contribution in [0.4, 0.5) is 4.79 Å². The predicted octanol–water partition coefficient (Wildman–Crippen LogP) is -0.378. The minimum Gasteiger partial charge on any atom is -0.450 e. The van der Waals surface area contributed by atoms with Gasteiger partial charge < -0.3 is 19.7 Å². The normalized spacial score (nSPS) is 16.7. The Morgan fingerprint density at radius 2 is 2.00 bits per heavy atom. The van der Waals surface area contributed by atoms with Crippen LogP contribution in [0.15, 0.2) is 0 Å². The molecule has 0 spiro atoms. The molecule has 1 saturated heterocycles. The molecule has 14 heavy (non-hydrogen) atoms. The van der Waals surface area contributed by atoms with Gasteiger partial charge in [0.25, 0.3) is 0 Å². The van der Waals surface area contributed by atoms with E-state index in [4.69, 9.17) is 19.7 Å². The van der Waals surface area contributed by atoms with Gasteiger partial charge in [-0.25, -0.2) is 4.79 Å². The van der Waals surface area contributed by atoms with Crippen LogP contribution >= 0.6 is 0 Å². The number of aliphatic hydroxyl groups excluding tert-OH is 1. The van der Waals surface area contributed by atoms with Crippen LogP contribution in [-0.4, -0.2) is 67.8 Å². The van der Waals surface area contributed by atoms with Gasteiger partial charge in [0.1, 0.15) is 0 Å². The summed E-state index contributed by atoms with van der Waals surface area (Å²) in [5.41, 5.74) is 0. The van der Waals surface area contributed by atoms with Crippen molar-refractivity contribution in [2.75, 3.05) is 46.6 Å². The molecule has 1 rings (SSSR count). The molecule has 2 N–H and O–H groups in total. The molecule has 0 aromatic carbocycles. The van der Waals surface area contributed by atoms with E-state index in [2.05, 4.69) is 9.64 Å². The Labute approximate surface area is 83.0 Å². The molecule has 0 aromatic heterocycles. The number of hydrogen-bond donors (Lipinski definition) is 2. The molecule has 0 radical (unpaired) electrons. The highest BCUT2D eigenvalue weighted by atomic mass is 16.6. The fraction of sp³-hybridized carbons (Fsp3) is 0.875. The summed E-state index contributed by atoms with van der Waals surface area (Å²) in [5.74, 6) is 0. The average molecular weight is 207 g/mol. The maximum Gasteiger partial charge on any atom is 0.505 e. The maximum atomic E-state index is 9.15. The number of morpholine rings is 1. The predicted molar refractivity (Wildman–Crippen MR) is 49.4 cm³/mol. The molecule has 0 aromatic rings. The van der Waals surface area contributed by atoms with E-state index < -0.39 is 6.16 Å². The molecule has 0 unspecified atom stereocenters. The second-order valence-corrected chi connectivity index (χ2v) is 2.65. The number of carbonyl (C=O) groups is 1. The minimum atomic E-state index is -1.25. The zero-order valence-corrected chi connectivity index (χ0v) is 8.31. The summed E-state index contributed by atoms with van der Waals surface area (Å²) in [6, 6.07) is 0. The second-order valence-electron chi connectivity index (χ2n) is 2.65. The van der Waals surface area contributed by atoms with Crippen LogP contribution < -0.4 is 0 Å². The van der Waals surface area contributed by atoms with Crippen molar-refractivity contribution in [2.24, 2.45) is 0 Å². The number of aliphatic hydroxyl groups is 1. The molecule has 6 nitrogen and oxygen atoms in total. The molecule has 0 aliphatic carbocycles. The quantitative estimate of drug-likeness (QED) is 0.601. The van der Waals surface area contributed by atoms with E-state index in [0.717, 1.165) is 40.0 Å². The van der Waals surface area contributed by atoms with Gasteiger partial charge in [-0.2, -0.15) is 0 Å². The van der Waals surface area contributed by atoms with Crippen LogP contribution in [0.2, 0.25) is 0 Å². The first-order valence-corrected chi connectivity index (χ1v) is 4.38. The summed E-state index contributed by atoms with van der Waals surface area (Å²) >= 11 is 0. The molecule has 0 bridgehead atoms. The second kappa shape index (κ2) is 8.74. The zero-order valence-electron chi connectivity index (χ0n) is 8.31. The first kappa shape index (κ1) is 13.2. The van der Waals surface area contributed by atoms with Crippen molar-refractivity contribution in [3.63, 3.8) is 0 Å². The molecule has 0 atom stereocenters. The van der Waals surface area contributed by atoms with Gasteiger partial charge in [-0.05, 0) is 0 Å². The third-order valence-electron chi connectivity index (χ3n) is 1.69. The monoisotopic (exact) mass is 207 g/mol. The first-order chi connectivity index (χ1) is 6.70. The summed E-state index contributed by atoms with van der Waals surface area (Å²) in [4.78, 5) is 11.3. The fourth-order valence-corrected chi connectivity index (χ4v) is 0.966. The lowest BCUT2D eigenvalue weighted by Crippen LogP contribution is -2.37. The van der Waals surface area contributed by atoms with Gasteiger partial charge in [-0.3, -0.25) is 4.90 Å². The number of nitrogens with zero attached hydrogens (tertiary/aromatic N) is 1. The molecule has 6 heteroatoms. The van der Waals surface area contributed by atoms with Crippen molar-refractivity contribution in [3.05, 3.63) is 0 Å². The summed E-state index contributed by atoms with van der Waals surface area (Å²) in [7, 11) is 1.10. The maximum absolute atomic E-state index is 9.15. The Bertz CT molecular complexity index is 144. The van der Waals surface area contributed by atoms with Crippen LogP contribution in [0, 0.1) is 0 Å².